The van der Waals surface area contributed by atoms with Crippen molar-refractivity contribution in [2.75, 3.05) is 20.8 Å². The third kappa shape index (κ3) is 8.33. The van der Waals surface area contributed by atoms with Gasteiger partial charge in [-0.15, -0.1) is 0 Å². The molecule has 5 atom stereocenters. The molecule has 0 aliphatic heterocycles. The monoisotopic (exact) mass is 609 g/mol. The van der Waals surface area contributed by atoms with Crippen LogP contribution < -0.4 is 14.8 Å². The van der Waals surface area contributed by atoms with E-state index in [1.54, 1.807) is 24.3 Å². The van der Waals surface area contributed by atoms with Gasteiger partial charge < -0.3 is 29.5 Å². The number of fused-ring (bicyclic) bond motifs is 2. The Hall–Kier alpha value is -3.56. The van der Waals surface area contributed by atoms with Gasteiger partial charge in [0.05, 0.1) is 14.2 Å². The summed E-state index contributed by atoms with van der Waals surface area (Å²) < 4.78 is 16.3. The van der Waals surface area contributed by atoms with Gasteiger partial charge in [0.1, 0.15) is 18.1 Å². The molecule has 2 aromatic rings. The molecule has 9 heteroatoms. The van der Waals surface area contributed by atoms with Gasteiger partial charge in [0, 0.05) is 26.3 Å². The van der Waals surface area contributed by atoms with Crippen LogP contribution in [0.25, 0.3) is 5.57 Å². The Morgan fingerprint density at radius 1 is 1.02 bits per heavy atom. The molecule has 2 aliphatic carbocycles. The lowest BCUT2D eigenvalue weighted by molar-refractivity contribution is -0.147. The molecule has 1 fully saturated rings. The molecule has 4 N–H and O–H groups in total. The number of aryl methyl sites for hydroxylation is 1. The number of Topliss-reactive ketones (excluding diaryl/α,β-unsaturated/α-hetero) is 1. The minimum atomic E-state index is -0.644. The SMILES string of the molecule is CCC(O)NCC1=CC2CCCCC2C(CC(=O)CC(CCc2ccc(O)c(OC)c2)OC(C)=O)c2cc(OC)c(O)cc21. The average molecular weight is 610 g/mol. The number of ether oxygens (including phenoxy) is 3. The highest BCUT2D eigenvalue weighted by Gasteiger charge is 2.38. The largest absolute Gasteiger partial charge is 0.504 e. The summed E-state index contributed by atoms with van der Waals surface area (Å²) in [6.07, 6.45) is 7.17. The first-order valence-electron chi connectivity index (χ1n) is 15.7. The molecule has 1 saturated carbocycles. The topological polar surface area (TPSA) is 135 Å². The number of hydrogen-bond acceptors (Lipinski definition) is 9. The first-order valence-corrected chi connectivity index (χ1v) is 15.7. The van der Waals surface area contributed by atoms with Crippen LogP contribution >= 0.6 is 0 Å². The quantitative estimate of drug-likeness (QED) is 0.159. The molecule has 240 valence electrons. The Balaban J connectivity index is 1.60. The number of methoxy groups -OCH3 is 2. The molecule has 9 nitrogen and oxygen atoms in total. The number of phenolic OH excluding ortho intramolecular Hbond substituents is 2. The van der Waals surface area contributed by atoms with E-state index in [-0.39, 0.29) is 47.9 Å². The number of carbonyl (C=O) groups is 2. The Morgan fingerprint density at radius 2 is 1.75 bits per heavy atom. The van der Waals surface area contributed by atoms with E-state index in [0.717, 1.165) is 47.9 Å². The standard InChI is InChI=1S/C35H47NO8/c1-5-35(41)36-20-24-15-23-8-6-7-9-27(23)29(30-19-34(43-4)32(40)18-28(24)30)17-25(38)16-26(44-21(2)37)12-10-22-11-13-31(39)33(14-22)42-3/h11,13-15,18-19,23,26-27,29,35-36,39-41H,5-10,12,16-17,20H2,1-4H3. The number of aromatic hydroxyl groups is 2. The van der Waals surface area contributed by atoms with E-state index < -0.39 is 18.3 Å². The summed E-state index contributed by atoms with van der Waals surface area (Å²) in [4.78, 5) is 25.8. The summed E-state index contributed by atoms with van der Waals surface area (Å²) >= 11 is 0. The predicted molar refractivity (Wildman–Crippen MR) is 168 cm³/mol. The van der Waals surface area contributed by atoms with E-state index in [0.29, 0.717) is 37.3 Å². The Labute approximate surface area is 260 Å². The first kappa shape index (κ1) is 33.3. The Kier molecular flexibility index (Phi) is 11.7. The molecule has 2 aliphatic rings. The van der Waals surface area contributed by atoms with Crippen molar-refractivity contribution in [1.82, 2.24) is 5.32 Å². The second-order valence-corrected chi connectivity index (χ2v) is 12.1. The lowest BCUT2D eigenvalue weighted by Gasteiger charge is -2.35. The molecule has 0 spiro atoms. The summed E-state index contributed by atoms with van der Waals surface area (Å²) in [7, 11) is 3.01. The maximum Gasteiger partial charge on any atom is 0.302 e. The second-order valence-electron chi connectivity index (χ2n) is 12.1. The second kappa shape index (κ2) is 15.4. The van der Waals surface area contributed by atoms with Crippen molar-refractivity contribution < 1.29 is 39.1 Å². The van der Waals surface area contributed by atoms with E-state index >= 15 is 0 Å². The van der Waals surface area contributed by atoms with Crippen LogP contribution in [0.15, 0.2) is 36.4 Å². The molecule has 0 radical (unpaired) electrons. The number of aliphatic hydroxyl groups is 1. The summed E-state index contributed by atoms with van der Waals surface area (Å²) in [5.41, 5.74) is 3.73. The molecule has 0 heterocycles. The third-order valence-corrected chi connectivity index (χ3v) is 9.05. The van der Waals surface area contributed by atoms with Crippen LogP contribution in [-0.4, -0.2) is 60.2 Å². The van der Waals surface area contributed by atoms with Crippen molar-refractivity contribution in [3.05, 3.63) is 53.1 Å². The van der Waals surface area contributed by atoms with Gasteiger partial charge in [-0.2, -0.15) is 0 Å². The molecule has 4 rings (SSSR count). The molecule has 0 bridgehead atoms. The number of rotatable bonds is 14. The summed E-state index contributed by atoms with van der Waals surface area (Å²) in [5.74, 6) is 0.753. The number of carbonyl (C=O) groups excluding carboxylic acids is 2. The van der Waals surface area contributed by atoms with Crippen LogP contribution in [0.5, 0.6) is 23.0 Å². The minimum Gasteiger partial charge on any atom is -0.504 e. The van der Waals surface area contributed by atoms with Crippen molar-refractivity contribution in [2.45, 2.75) is 89.9 Å². The van der Waals surface area contributed by atoms with E-state index in [1.165, 1.54) is 21.1 Å². The smallest absolute Gasteiger partial charge is 0.302 e. The van der Waals surface area contributed by atoms with Crippen LogP contribution in [0.1, 0.15) is 87.8 Å². The Bertz CT molecular complexity index is 1340. The van der Waals surface area contributed by atoms with Gasteiger partial charge in [-0.05, 0) is 96.4 Å². The molecule has 0 amide bonds. The molecule has 44 heavy (non-hydrogen) atoms. The van der Waals surface area contributed by atoms with Crippen LogP contribution in [0, 0.1) is 11.8 Å². The first-order chi connectivity index (χ1) is 21.1. The van der Waals surface area contributed by atoms with Crippen molar-refractivity contribution in [1.29, 1.82) is 0 Å². The highest BCUT2D eigenvalue weighted by atomic mass is 16.5. The highest BCUT2D eigenvalue weighted by Crippen LogP contribution is 2.50. The molecular formula is C35H47NO8. The van der Waals surface area contributed by atoms with Crippen LogP contribution in [0.4, 0.5) is 0 Å². The van der Waals surface area contributed by atoms with Gasteiger partial charge in [0.2, 0.25) is 0 Å². The van der Waals surface area contributed by atoms with Crippen LogP contribution in [-0.2, 0) is 20.7 Å². The fourth-order valence-corrected chi connectivity index (χ4v) is 6.82. The third-order valence-electron chi connectivity index (χ3n) is 9.05. The van der Waals surface area contributed by atoms with Gasteiger partial charge in [-0.3, -0.25) is 14.9 Å². The zero-order valence-electron chi connectivity index (χ0n) is 26.3. The predicted octanol–water partition coefficient (Wildman–Crippen LogP) is 5.63. The lowest BCUT2D eigenvalue weighted by atomic mass is 9.69. The van der Waals surface area contributed by atoms with E-state index in [2.05, 4.69) is 11.4 Å². The molecule has 0 aromatic heterocycles. The summed E-state index contributed by atoms with van der Waals surface area (Å²) in [5, 5.41) is 34.1. The molecular weight excluding hydrogens is 562 g/mol. The highest BCUT2D eigenvalue weighted by molar-refractivity contribution is 5.82. The minimum absolute atomic E-state index is 0.00910. The van der Waals surface area contributed by atoms with E-state index in [4.69, 9.17) is 14.2 Å². The van der Waals surface area contributed by atoms with E-state index in [1.807, 2.05) is 13.0 Å². The van der Waals surface area contributed by atoms with E-state index in [9.17, 15) is 24.9 Å². The van der Waals surface area contributed by atoms with Crippen molar-refractivity contribution in [2.24, 2.45) is 11.8 Å². The fraction of sp³-hybridized carbons (Fsp3) is 0.543. The molecule has 2 aromatic carbocycles. The molecule has 5 unspecified atom stereocenters. The zero-order valence-corrected chi connectivity index (χ0v) is 26.3. The normalized spacial score (nSPS) is 20.8. The number of nitrogens with one attached hydrogen (secondary N) is 1. The van der Waals surface area contributed by atoms with Gasteiger partial charge in [-0.25, -0.2) is 0 Å². The van der Waals surface area contributed by atoms with Crippen molar-refractivity contribution in [3.63, 3.8) is 0 Å². The van der Waals surface area contributed by atoms with Gasteiger partial charge in [0.25, 0.3) is 0 Å². The average Bonchev–Trinajstić information content (AvgIpc) is 3.12. The molecule has 0 saturated heterocycles. The van der Waals surface area contributed by atoms with Gasteiger partial charge in [-0.1, -0.05) is 31.9 Å². The number of esters is 1. The number of benzene rings is 2. The number of ketones is 1. The van der Waals surface area contributed by atoms with Crippen molar-refractivity contribution >= 4 is 17.3 Å². The number of phenols is 2. The summed E-state index contributed by atoms with van der Waals surface area (Å²) in [6.45, 7) is 3.70. The maximum atomic E-state index is 13.8. The zero-order chi connectivity index (χ0) is 31.8. The maximum absolute atomic E-state index is 13.8. The number of aliphatic hydroxyl groups excluding tert-OH is 1. The summed E-state index contributed by atoms with van der Waals surface area (Å²) in [6, 6.07) is 8.69. The lowest BCUT2D eigenvalue weighted by Crippen LogP contribution is -2.29. The number of hydrogen-bond donors (Lipinski definition) is 4. The number of allylic oxidation sites excluding steroid dienone is 1. The van der Waals surface area contributed by atoms with Gasteiger partial charge in [0.15, 0.2) is 23.0 Å². The Morgan fingerprint density at radius 3 is 2.45 bits per heavy atom. The van der Waals surface area contributed by atoms with Crippen LogP contribution in [0.3, 0.4) is 0 Å². The van der Waals surface area contributed by atoms with Gasteiger partial charge >= 0.3 is 5.97 Å². The van der Waals surface area contributed by atoms with Crippen molar-refractivity contribution in [3.8, 4) is 23.0 Å². The van der Waals surface area contributed by atoms with Crippen LogP contribution in [0.2, 0.25) is 0 Å². The fourth-order valence-electron chi connectivity index (χ4n) is 6.82.